The zero-order valence-electron chi connectivity index (χ0n) is 9.02. The third kappa shape index (κ3) is 2.04. The third-order valence-electron chi connectivity index (χ3n) is 2.52. The van der Waals surface area contributed by atoms with Crippen LogP contribution in [0.5, 0.6) is 0 Å². The standard InChI is InChI=1S/C11H11N5S/c12-9(6-8-4-2-1-3-5-8)10-15-16-7-13-14-11(16)17-10/h1-5,7,9H,6,12H2. The first-order valence-electron chi connectivity index (χ1n) is 5.29. The summed E-state index contributed by atoms with van der Waals surface area (Å²) in [5, 5.41) is 12.9. The molecular weight excluding hydrogens is 234 g/mol. The quantitative estimate of drug-likeness (QED) is 0.758. The van der Waals surface area contributed by atoms with Crippen LogP contribution in [0.1, 0.15) is 16.6 Å². The lowest BCUT2D eigenvalue weighted by Gasteiger charge is -2.07. The lowest BCUT2D eigenvalue weighted by atomic mass is 10.1. The van der Waals surface area contributed by atoms with Crippen molar-refractivity contribution in [2.45, 2.75) is 12.5 Å². The fourth-order valence-corrected chi connectivity index (χ4v) is 2.50. The molecule has 0 radical (unpaired) electrons. The first kappa shape index (κ1) is 10.4. The molecule has 17 heavy (non-hydrogen) atoms. The highest BCUT2D eigenvalue weighted by Gasteiger charge is 2.13. The van der Waals surface area contributed by atoms with Crippen molar-refractivity contribution in [2.24, 2.45) is 5.73 Å². The monoisotopic (exact) mass is 245 g/mol. The second-order valence-corrected chi connectivity index (χ2v) is 4.78. The number of nitrogens with zero attached hydrogens (tertiary/aromatic N) is 4. The second kappa shape index (κ2) is 4.23. The summed E-state index contributed by atoms with van der Waals surface area (Å²) in [6.45, 7) is 0. The largest absolute Gasteiger partial charge is 0.322 e. The van der Waals surface area contributed by atoms with Crippen LogP contribution in [0.3, 0.4) is 0 Å². The van der Waals surface area contributed by atoms with Crippen LogP contribution in [-0.2, 0) is 6.42 Å². The topological polar surface area (TPSA) is 69.1 Å². The van der Waals surface area contributed by atoms with E-state index in [1.807, 2.05) is 18.2 Å². The van der Waals surface area contributed by atoms with Crippen molar-refractivity contribution < 1.29 is 0 Å². The predicted molar refractivity (Wildman–Crippen MR) is 65.7 cm³/mol. The van der Waals surface area contributed by atoms with Gasteiger partial charge in [0.1, 0.15) is 11.3 Å². The molecule has 2 heterocycles. The van der Waals surface area contributed by atoms with E-state index in [0.717, 1.165) is 16.4 Å². The number of hydrogen-bond acceptors (Lipinski definition) is 5. The zero-order valence-corrected chi connectivity index (χ0v) is 9.84. The number of rotatable bonds is 3. The highest BCUT2D eigenvalue weighted by molar-refractivity contribution is 7.16. The van der Waals surface area contributed by atoms with Crippen molar-refractivity contribution in [1.82, 2.24) is 19.8 Å². The maximum atomic E-state index is 6.14. The zero-order chi connectivity index (χ0) is 11.7. The van der Waals surface area contributed by atoms with E-state index in [2.05, 4.69) is 27.4 Å². The molecule has 1 atom stereocenters. The summed E-state index contributed by atoms with van der Waals surface area (Å²) in [5.74, 6) is 0. The molecule has 2 aromatic heterocycles. The van der Waals surface area contributed by atoms with Gasteiger partial charge in [-0.3, -0.25) is 0 Å². The minimum absolute atomic E-state index is 0.0934. The van der Waals surface area contributed by atoms with Crippen LogP contribution < -0.4 is 5.73 Å². The van der Waals surface area contributed by atoms with Crippen molar-refractivity contribution in [2.75, 3.05) is 0 Å². The van der Waals surface area contributed by atoms with E-state index in [4.69, 9.17) is 5.73 Å². The van der Waals surface area contributed by atoms with E-state index < -0.39 is 0 Å². The molecule has 0 fully saturated rings. The molecule has 3 rings (SSSR count). The Morgan fingerprint density at radius 2 is 2.12 bits per heavy atom. The van der Waals surface area contributed by atoms with Gasteiger partial charge in [-0.15, -0.1) is 10.2 Å². The fraction of sp³-hybridized carbons (Fsp3) is 0.182. The molecular formula is C11H11N5S. The van der Waals surface area contributed by atoms with E-state index in [-0.39, 0.29) is 6.04 Å². The highest BCUT2D eigenvalue weighted by Crippen LogP contribution is 2.20. The Kier molecular flexibility index (Phi) is 2.58. The van der Waals surface area contributed by atoms with Crippen LogP contribution in [0.15, 0.2) is 36.7 Å². The van der Waals surface area contributed by atoms with Crippen LogP contribution in [0.4, 0.5) is 0 Å². The average Bonchev–Trinajstić information content (AvgIpc) is 2.90. The van der Waals surface area contributed by atoms with Gasteiger partial charge in [0.2, 0.25) is 4.96 Å². The molecule has 86 valence electrons. The van der Waals surface area contributed by atoms with Crippen LogP contribution in [-0.4, -0.2) is 19.8 Å². The van der Waals surface area contributed by atoms with Gasteiger partial charge in [-0.1, -0.05) is 41.7 Å². The number of hydrogen-bond donors (Lipinski definition) is 1. The molecule has 0 bridgehead atoms. The summed E-state index contributed by atoms with van der Waals surface area (Å²) < 4.78 is 1.66. The minimum Gasteiger partial charge on any atom is -0.322 e. The molecule has 5 nitrogen and oxygen atoms in total. The predicted octanol–water partition coefficient (Wildman–Crippen LogP) is 1.43. The SMILES string of the molecule is NC(Cc1ccccc1)c1nn2cnnc2s1. The molecule has 0 saturated carbocycles. The first-order chi connectivity index (χ1) is 8.33. The summed E-state index contributed by atoms with van der Waals surface area (Å²) in [4.78, 5) is 0.781. The molecule has 1 unspecified atom stereocenters. The molecule has 0 aliphatic carbocycles. The summed E-state index contributed by atoms with van der Waals surface area (Å²) in [5.41, 5.74) is 7.35. The Hall–Kier alpha value is -1.79. The molecule has 0 saturated heterocycles. The summed E-state index contributed by atoms with van der Waals surface area (Å²) in [6.07, 6.45) is 2.37. The molecule has 0 amide bonds. The number of nitrogens with two attached hydrogens (primary N) is 1. The van der Waals surface area contributed by atoms with Crippen molar-refractivity contribution in [3.63, 3.8) is 0 Å². The van der Waals surface area contributed by atoms with Gasteiger partial charge in [0.05, 0.1) is 6.04 Å². The Morgan fingerprint density at radius 1 is 1.29 bits per heavy atom. The lowest BCUT2D eigenvalue weighted by Crippen LogP contribution is -2.13. The molecule has 0 aliphatic heterocycles. The van der Waals surface area contributed by atoms with Crippen molar-refractivity contribution in [3.8, 4) is 0 Å². The number of aromatic nitrogens is 4. The number of benzene rings is 1. The third-order valence-corrected chi connectivity index (χ3v) is 3.56. The molecule has 6 heteroatoms. The summed E-state index contributed by atoms with van der Waals surface area (Å²) >= 11 is 1.48. The van der Waals surface area contributed by atoms with E-state index in [1.54, 1.807) is 10.8 Å². The van der Waals surface area contributed by atoms with Crippen LogP contribution >= 0.6 is 11.3 Å². The maximum absolute atomic E-state index is 6.14. The molecule has 0 spiro atoms. The van der Waals surface area contributed by atoms with Gasteiger partial charge in [0, 0.05) is 0 Å². The minimum atomic E-state index is -0.0934. The Bertz CT molecular complexity index is 586. The first-order valence-corrected chi connectivity index (χ1v) is 6.11. The number of fused-ring (bicyclic) bond motifs is 1. The van der Waals surface area contributed by atoms with Gasteiger partial charge in [-0.2, -0.15) is 9.61 Å². The van der Waals surface area contributed by atoms with Gasteiger partial charge in [0.15, 0.2) is 0 Å². The van der Waals surface area contributed by atoms with E-state index in [9.17, 15) is 0 Å². The maximum Gasteiger partial charge on any atom is 0.234 e. The second-order valence-electron chi connectivity index (χ2n) is 3.79. The molecule has 2 N–H and O–H groups in total. The van der Waals surface area contributed by atoms with Crippen molar-refractivity contribution >= 4 is 16.3 Å². The van der Waals surface area contributed by atoms with Gasteiger partial charge in [0.25, 0.3) is 0 Å². The van der Waals surface area contributed by atoms with Crippen molar-refractivity contribution in [1.29, 1.82) is 0 Å². The smallest absolute Gasteiger partial charge is 0.234 e. The average molecular weight is 245 g/mol. The highest BCUT2D eigenvalue weighted by atomic mass is 32.1. The van der Waals surface area contributed by atoms with Crippen LogP contribution in [0, 0.1) is 0 Å². The normalized spacial score (nSPS) is 13.0. The molecule has 1 aromatic carbocycles. The molecule has 3 aromatic rings. The molecule has 0 aliphatic rings. The summed E-state index contributed by atoms with van der Waals surface area (Å²) in [7, 11) is 0. The Morgan fingerprint density at radius 3 is 2.88 bits per heavy atom. The van der Waals surface area contributed by atoms with Crippen molar-refractivity contribution in [3.05, 3.63) is 47.2 Å². The fourth-order valence-electron chi connectivity index (χ4n) is 1.68. The Balaban J connectivity index is 1.82. The lowest BCUT2D eigenvalue weighted by molar-refractivity contribution is 0.694. The van der Waals surface area contributed by atoms with E-state index >= 15 is 0 Å². The van der Waals surface area contributed by atoms with E-state index in [1.165, 1.54) is 16.9 Å². The van der Waals surface area contributed by atoms with Crippen LogP contribution in [0.25, 0.3) is 4.96 Å². The van der Waals surface area contributed by atoms with E-state index in [0.29, 0.717) is 0 Å². The summed E-state index contributed by atoms with van der Waals surface area (Å²) in [6, 6.07) is 10.1. The van der Waals surface area contributed by atoms with Crippen LogP contribution in [0.2, 0.25) is 0 Å². The Labute approximate surface area is 102 Å². The van der Waals surface area contributed by atoms with Gasteiger partial charge < -0.3 is 5.73 Å². The van der Waals surface area contributed by atoms with Gasteiger partial charge in [-0.25, -0.2) is 0 Å². The van der Waals surface area contributed by atoms with Gasteiger partial charge >= 0.3 is 0 Å². The van der Waals surface area contributed by atoms with Gasteiger partial charge in [-0.05, 0) is 12.0 Å².